The first-order chi connectivity index (χ1) is 6.74. The highest BCUT2D eigenvalue weighted by molar-refractivity contribution is 5.71. The van der Waals surface area contributed by atoms with Crippen LogP contribution < -0.4 is 15.8 Å². The van der Waals surface area contributed by atoms with E-state index < -0.39 is 6.09 Å². The Kier molecular flexibility index (Phi) is 2.26. The van der Waals surface area contributed by atoms with Gasteiger partial charge in [-0.25, -0.2) is 4.79 Å². The molecule has 0 aliphatic heterocycles. The van der Waals surface area contributed by atoms with E-state index >= 15 is 0 Å². The minimum absolute atomic E-state index is 0.309. The van der Waals surface area contributed by atoms with E-state index in [9.17, 15) is 4.79 Å². The first kappa shape index (κ1) is 8.87. The molecule has 74 valence electrons. The molecule has 14 heavy (non-hydrogen) atoms. The molecule has 1 fully saturated rings. The molecule has 4 heteroatoms. The fourth-order valence-corrected chi connectivity index (χ4v) is 1.11. The number of carbonyl (C=O) groups is 1. The van der Waals surface area contributed by atoms with Crippen LogP contribution in [0, 0.1) is 0 Å². The number of nitrogen functional groups attached to an aromatic ring is 1. The van der Waals surface area contributed by atoms with Gasteiger partial charge >= 0.3 is 6.09 Å². The zero-order chi connectivity index (χ0) is 9.97. The van der Waals surface area contributed by atoms with Gasteiger partial charge in [0.2, 0.25) is 0 Å². The lowest BCUT2D eigenvalue weighted by molar-refractivity contribution is 0.200. The molecule has 0 saturated heterocycles. The number of nitrogens with two attached hydrogens (primary N) is 1. The van der Waals surface area contributed by atoms with E-state index in [0.717, 1.165) is 12.8 Å². The van der Waals surface area contributed by atoms with Crippen molar-refractivity contribution >= 4 is 11.8 Å². The second-order valence-electron chi connectivity index (χ2n) is 3.38. The third-order valence-corrected chi connectivity index (χ3v) is 1.97. The Morgan fingerprint density at radius 3 is 2.93 bits per heavy atom. The van der Waals surface area contributed by atoms with Gasteiger partial charge in [0, 0.05) is 17.8 Å². The number of rotatable bonds is 2. The van der Waals surface area contributed by atoms with Crippen molar-refractivity contribution in [1.82, 2.24) is 5.32 Å². The van der Waals surface area contributed by atoms with Crippen LogP contribution in [-0.2, 0) is 0 Å². The lowest BCUT2D eigenvalue weighted by Crippen LogP contribution is -2.28. The summed E-state index contributed by atoms with van der Waals surface area (Å²) in [6.07, 6.45) is 1.69. The Hall–Kier alpha value is -1.71. The standard InChI is InChI=1S/C10H12N2O2/c11-7-2-1-3-9(6-7)14-10(13)12-8-4-5-8/h1-3,6,8H,4-5,11H2,(H,12,13). The predicted molar refractivity (Wildman–Crippen MR) is 53.0 cm³/mol. The van der Waals surface area contributed by atoms with Crippen molar-refractivity contribution in [3.63, 3.8) is 0 Å². The molecule has 0 heterocycles. The van der Waals surface area contributed by atoms with Gasteiger partial charge in [-0.05, 0) is 25.0 Å². The van der Waals surface area contributed by atoms with Crippen molar-refractivity contribution < 1.29 is 9.53 Å². The largest absolute Gasteiger partial charge is 0.412 e. The third kappa shape index (κ3) is 2.39. The highest BCUT2D eigenvalue weighted by Crippen LogP contribution is 2.19. The maximum Gasteiger partial charge on any atom is 0.412 e. The zero-order valence-corrected chi connectivity index (χ0v) is 7.69. The lowest BCUT2D eigenvalue weighted by Gasteiger charge is -2.05. The average molecular weight is 192 g/mol. The van der Waals surface area contributed by atoms with E-state index in [2.05, 4.69) is 5.32 Å². The number of benzene rings is 1. The molecule has 1 saturated carbocycles. The van der Waals surface area contributed by atoms with Gasteiger partial charge in [-0.1, -0.05) is 6.07 Å². The van der Waals surface area contributed by atoms with E-state index in [-0.39, 0.29) is 0 Å². The molecule has 1 aliphatic carbocycles. The van der Waals surface area contributed by atoms with Crippen molar-refractivity contribution in [2.45, 2.75) is 18.9 Å². The molecule has 4 nitrogen and oxygen atoms in total. The summed E-state index contributed by atoms with van der Waals surface area (Å²) in [4.78, 5) is 11.2. The zero-order valence-electron chi connectivity index (χ0n) is 7.69. The minimum Gasteiger partial charge on any atom is -0.410 e. The van der Waals surface area contributed by atoms with E-state index in [1.807, 2.05) is 0 Å². The molecule has 2 rings (SSSR count). The van der Waals surface area contributed by atoms with Crippen molar-refractivity contribution in [1.29, 1.82) is 0 Å². The summed E-state index contributed by atoms with van der Waals surface area (Å²) < 4.78 is 5.02. The topological polar surface area (TPSA) is 64.3 Å². The smallest absolute Gasteiger partial charge is 0.410 e. The number of carbonyl (C=O) groups excluding carboxylic acids is 1. The van der Waals surface area contributed by atoms with Crippen molar-refractivity contribution in [3.8, 4) is 5.75 Å². The summed E-state index contributed by atoms with van der Waals surface area (Å²) in [5.74, 6) is 0.475. The van der Waals surface area contributed by atoms with Crippen molar-refractivity contribution in [2.24, 2.45) is 0 Å². The SMILES string of the molecule is Nc1cccc(OC(=O)NC2CC2)c1. The Morgan fingerprint density at radius 1 is 1.50 bits per heavy atom. The molecule has 0 radical (unpaired) electrons. The molecule has 3 N–H and O–H groups in total. The highest BCUT2D eigenvalue weighted by atomic mass is 16.6. The van der Waals surface area contributed by atoms with Crippen LogP contribution in [0.25, 0.3) is 0 Å². The van der Waals surface area contributed by atoms with Gasteiger partial charge in [0.1, 0.15) is 5.75 Å². The summed E-state index contributed by atoms with van der Waals surface area (Å²) in [5, 5.41) is 2.72. The van der Waals surface area contributed by atoms with Gasteiger partial charge in [-0.15, -0.1) is 0 Å². The summed E-state index contributed by atoms with van der Waals surface area (Å²) in [7, 11) is 0. The molecule has 1 amide bonds. The number of amides is 1. The van der Waals surface area contributed by atoms with Crippen molar-refractivity contribution in [3.05, 3.63) is 24.3 Å². The summed E-state index contributed by atoms with van der Waals surface area (Å²) in [6, 6.07) is 7.11. The van der Waals surface area contributed by atoms with E-state index in [1.165, 1.54) is 0 Å². The Bertz CT molecular complexity index is 348. The molecule has 0 aromatic heterocycles. The molecule has 1 aromatic rings. The highest BCUT2D eigenvalue weighted by Gasteiger charge is 2.24. The van der Waals surface area contributed by atoms with E-state index in [4.69, 9.17) is 10.5 Å². The maximum atomic E-state index is 11.2. The van der Waals surface area contributed by atoms with Crippen LogP contribution in [0.4, 0.5) is 10.5 Å². The number of hydrogen-bond acceptors (Lipinski definition) is 3. The predicted octanol–water partition coefficient (Wildman–Crippen LogP) is 1.52. The third-order valence-electron chi connectivity index (χ3n) is 1.97. The Labute approximate surface area is 82.1 Å². The summed E-state index contributed by atoms with van der Waals surface area (Å²) >= 11 is 0. The van der Waals surface area contributed by atoms with Crippen molar-refractivity contribution in [2.75, 3.05) is 5.73 Å². The van der Waals surface area contributed by atoms with Crippen LogP contribution in [0.2, 0.25) is 0 Å². The van der Waals surface area contributed by atoms with Crippen LogP contribution in [0.3, 0.4) is 0 Å². The van der Waals surface area contributed by atoms with Crippen LogP contribution >= 0.6 is 0 Å². The van der Waals surface area contributed by atoms with Gasteiger partial charge in [-0.2, -0.15) is 0 Å². The lowest BCUT2D eigenvalue weighted by atomic mass is 10.3. The second-order valence-corrected chi connectivity index (χ2v) is 3.38. The minimum atomic E-state index is -0.405. The first-order valence-electron chi connectivity index (χ1n) is 4.58. The summed E-state index contributed by atoms with van der Waals surface area (Å²) in [6.45, 7) is 0. The first-order valence-corrected chi connectivity index (χ1v) is 4.58. The van der Waals surface area contributed by atoms with E-state index in [0.29, 0.717) is 17.5 Å². The molecule has 1 aliphatic rings. The number of ether oxygens (including phenoxy) is 1. The van der Waals surface area contributed by atoms with Gasteiger partial charge in [-0.3, -0.25) is 0 Å². The Balaban J connectivity index is 1.92. The van der Waals surface area contributed by atoms with Crippen LogP contribution in [0.1, 0.15) is 12.8 Å². The molecule has 0 spiro atoms. The second kappa shape index (κ2) is 3.57. The van der Waals surface area contributed by atoms with Crippen LogP contribution in [-0.4, -0.2) is 12.1 Å². The molecular weight excluding hydrogens is 180 g/mol. The maximum absolute atomic E-state index is 11.2. The normalized spacial score (nSPS) is 14.9. The average Bonchev–Trinajstić information content (AvgIpc) is 2.87. The summed E-state index contributed by atoms with van der Waals surface area (Å²) in [5.41, 5.74) is 6.12. The van der Waals surface area contributed by atoms with Gasteiger partial charge in [0.25, 0.3) is 0 Å². The fraction of sp³-hybridized carbons (Fsp3) is 0.300. The number of nitrogens with one attached hydrogen (secondary N) is 1. The molecule has 0 bridgehead atoms. The van der Waals surface area contributed by atoms with Gasteiger partial charge < -0.3 is 15.8 Å². The quantitative estimate of drug-likeness (QED) is 0.698. The van der Waals surface area contributed by atoms with E-state index in [1.54, 1.807) is 24.3 Å². The molecule has 0 unspecified atom stereocenters. The van der Waals surface area contributed by atoms with Gasteiger partial charge in [0.15, 0.2) is 0 Å². The van der Waals surface area contributed by atoms with Crippen LogP contribution in [0.15, 0.2) is 24.3 Å². The van der Waals surface area contributed by atoms with Crippen LogP contribution in [0.5, 0.6) is 5.75 Å². The fourth-order valence-electron chi connectivity index (χ4n) is 1.11. The molecular formula is C10H12N2O2. The Morgan fingerprint density at radius 2 is 2.29 bits per heavy atom. The van der Waals surface area contributed by atoms with Gasteiger partial charge in [0.05, 0.1) is 0 Å². The number of anilines is 1. The number of hydrogen-bond donors (Lipinski definition) is 2. The molecule has 0 atom stereocenters. The molecule has 1 aromatic carbocycles. The monoisotopic (exact) mass is 192 g/mol.